The van der Waals surface area contributed by atoms with E-state index in [9.17, 15) is 9.59 Å². The van der Waals surface area contributed by atoms with Crippen molar-refractivity contribution in [1.29, 1.82) is 0 Å². The van der Waals surface area contributed by atoms with Crippen molar-refractivity contribution in [2.24, 2.45) is 0 Å². The molecule has 6 nitrogen and oxygen atoms in total. The number of aliphatic carboxylic acids is 1. The molecule has 0 aromatic rings. The molecule has 0 aliphatic carbocycles. The number of likely N-dealkylation sites (tertiary alicyclic amines) is 1. The molecule has 1 atom stereocenters. The summed E-state index contributed by atoms with van der Waals surface area (Å²) in [5.74, 6) is -0.994. The van der Waals surface area contributed by atoms with Crippen LogP contribution in [0.25, 0.3) is 0 Å². The summed E-state index contributed by atoms with van der Waals surface area (Å²) < 4.78 is 4.91. The van der Waals surface area contributed by atoms with E-state index in [2.05, 4.69) is 0 Å². The van der Waals surface area contributed by atoms with Gasteiger partial charge in [0, 0.05) is 26.2 Å². The summed E-state index contributed by atoms with van der Waals surface area (Å²) in [6, 6.07) is 0.0649. The third kappa shape index (κ3) is 3.87. The molecule has 1 fully saturated rings. The Hall–Kier alpha value is -1.30. The van der Waals surface area contributed by atoms with Crippen LogP contribution in [0.4, 0.5) is 4.79 Å². The summed E-state index contributed by atoms with van der Waals surface area (Å²) in [7, 11) is 1.54. The minimum absolute atomic E-state index is 0.182. The molecule has 1 saturated heterocycles. The Morgan fingerprint density at radius 1 is 1.50 bits per heavy atom. The lowest BCUT2D eigenvalue weighted by Crippen LogP contribution is -2.48. The van der Waals surface area contributed by atoms with Crippen LogP contribution in [-0.2, 0) is 9.53 Å². The molecule has 2 amide bonds. The Bertz CT molecular complexity index is 296. The standard InChI is InChI=1S/C12H22N2O4/c1-3-10-5-4-6-14(10)12(17)13(7-8-18-2)9-11(15)16/h10H,3-9H2,1-2H3,(H,15,16). The lowest BCUT2D eigenvalue weighted by Gasteiger charge is -2.30. The molecule has 18 heavy (non-hydrogen) atoms. The van der Waals surface area contributed by atoms with Gasteiger partial charge >= 0.3 is 12.0 Å². The molecule has 1 aliphatic rings. The lowest BCUT2D eigenvalue weighted by molar-refractivity contribution is -0.137. The number of carbonyl (C=O) groups is 2. The van der Waals surface area contributed by atoms with Crippen LogP contribution in [0.5, 0.6) is 0 Å². The third-order valence-corrected chi connectivity index (χ3v) is 3.26. The van der Waals surface area contributed by atoms with Crippen molar-refractivity contribution in [3.8, 4) is 0 Å². The van der Waals surface area contributed by atoms with E-state index in [4.69, 9.17) is 9.84 Å². The molecule has 1 N–H and O–H groups in total. The Morgan fingerprint density at radius 3 is 2.78 bits per heavy atom. The van der Waals surface area contributed by atoms with Crippen molar-refractivity contribution in [3.05, 3.63) is 0 Å². The summed E-state index contributed by atoms with van der Waals surface area (Å²) in [6.45, 7) is 3.17. The van der Waals surface area contributed by atoms with E-state index in [0.29, 0.717) is 13.2 Å². The number of carboxylic acids is 1. The Morgan fingerprint density at radius 2 is 2.22 bits per heavy atom. The highest BCUT2D eigenvalue weighted by molar-refractivity contribution is 5.80. The first kappa shape index (κ1) is 14.8. The predicted octanol–water partition coefficient (Wildman–Crippen LogP) is 1.01. The summed E-state index contributed by atoms with van der Waals surface area (Å²) >= 11 is 0. The Kier molecular flexibility index (Phi) is 5.91. The zero-order valence-electron chi connectivity index (χ0n) is 11.1. The van der Waals surface area contributed by atoms with Crippen molar-refractivity contribution in [1.82, 2.24) is 9.80 Å². The molecule has 0 aromatic carbocycles. The van der Waals surface area contributed by atoms with Gasteiger partial charge in [-0.2, -0.15) is 0 Å². The predicted molar refractivity (Wildman–Crippen MR) is 66.5 cm³/mol. The number of nitrogens with zero attached hydrogens (tertiary/aromatic N) is 2. The fraction of sp³-hybridized carbons (Fsp3) is 0.833. The fourth-order valence-electron chi connectivity index (χ4n) is 2.30. The molecule has 104 valence electrons. The molecule has 6 heteroatoms. The normalized spacial score (nSPS) is 19.0. The Labute approximate surface area is 107 Å². The number of hydrogen-bond acceptors (Lipinski definition) is 3. The van der Waals surface area contributed by atoms with Gasteiger partial charge in [0.15, 0.2) is 0 Å². The molecule has 0 bridgehead atoms. The number of amides is 2. The van der Waals surface area contributed by atoms with E-state index >= 15 is 0 Å². The molecular formula is C12H22N2O4. The molecule has 1 heterocycles. The van der Waals surface area contributed by atoms with Gasteiger partial charge in [-0.25, -0.2) is 4.79 Å². The SMILES string of the molecule is CCC1CCCN1C(=O)N(CCOC)CC(=O)O. The van der Waals surface area contributed by atoms with E-state index in [1.165, 1.54) is 12.0 Å². The van der Waals surface area contributed by atoms with Gasteiger partial charge in [0.25, 0.3) is 0 Å². The van der Waals surface area contributed by atoms with Crippen molar-refractivity contribution in [2.45, 2.75) is 32.2 Å². The molecular weight excluding hydrogens is 236 g/mol. The van der Waals surface area contributed by atoms with Crippen LogP contribution in [-0.4, -0.2) is 66.3 Å². The first-order valence-electron chi connectivity index (χ1n) is 6.36. The van der Waals surface area contributed by atoms with Crippen LogP contribution in [0.2, 0.25) is 0 Å². The minimum Gasteiger partial charge on any atom is -0.480 e. The van der Waals surface area contributed by atoms with E-state index in [0.717, 1.165) is 25.8 Å². The molecule has 0 aromatic heterocycles. The van der Waals surface area contributed by atoms with Crippen LogP contribution in [0.15, 0.2) is 0 Å². The Balaban J connectivity index is 2.64. The zero-order chi connectivity index (χ0) is 13.5. The number of carbonyl (C=O) groups excluding carboxylic acids is 1. The number of hydrogen-bond donors (Lipinski definition) is 1. The van der Waals surface area contributed by atoms with Gasteiger partial charge < -0.3 is 19.6 Å². The summed E-state index contributed by atoms with van der Waals surface area (Å²) in [5.41, 5.74) is 0. The highest BCUT2D eigenvalue weighted by Gasteiger charge is 2.31. The van der Waals surface area contributed by atoms with Gasteiger partial charge in [0.2, 0.25) is 0 Å². The topological polar surface area (TPSA) is 70.1 Å². The van der Waals surface area contributed by atoms with Gasteiger partial charge in [-0.3, -0.25) is 4.79 Å². The van der Waals surface area contributed by atoms with Gasteiger partial charge in [-0.1, -0.05) is 6.92 Å². The van der Waals surface area contributed by atoms with E-state index in [-0.39, 0.29) is 18.6 Å². The van der Waals surface area contributed by atoms with Crippen LogP contribution in [0.1, 0.15) is 26.2 Å². The molecule has 1 rings (SSSR count). The number of ether oxygens (including phenoxy) is 1. The van der Waals surface area contributed by atoms with Crippen LogP contribution in [0, 0.1) is 0 Å². The average Bonchev–Trinajstić information content (AvgIpc) is 2.81. The number of rotatable bonds is 6. The van der Waals surface area contributed by atoms with E-state index < -0.39 is 5.97 Å². The number of methoxy groups -OCH3 is 1. The van der Waals surface area contributed by atoms with Crippen molar-refractivity contribution in [2.75, 3.05) is 33.4 Å². The monoisotopic (exact) mass is 258 g/mol. The maximum absolute atomic E-state index is 12.3. The second kappa shape index (κ2) is 7.20. The first-order chi connectivity index (χ1) is 8.60. The molecule has 1 unspecified atom stereocenters. The molecule has 0 radical (unpaired) electrons. The number of urea groups is 1. The molecule has 0 spiro atoms. The quantitative estimate of drug-likeness (QED) is 0.772. The number of carboxylic acid groups (broad SMARTS) is 1. The minimum atomic E-state index is -0.994. The van der Waals surface area contributed by atoms with Gasteiger partial charge in [0.1, 0.15) is 6.54 Å². The fourth-order valence-corrected chi connectivity index (χ4v) is 2.30. The van der Waals surface area contributed by atoms with Crippen molar-refractivity contribution in [3.63, 3.8) is 0 Å². The molecule has 1 aliphatic heterocycles. The highest BCUT2D eigenvalue weighted by Crippen LogP contribution is 2.21. The first-order valence-corrected chi connectivity index (χ1v) is 6.36. The van der Waals surface area contributed by atoms with Crippen LogP contribution in [0.3, 0.4) is 0 Å². The van der Waals surface area contributed by atoms with Crippen molar-refractivity contribution >= 4 is 12.0 Å². The third-order valence-electron chi connectivity index (χ3n) is 3.26. The van der Waals surface area contributed by atoms with Crippen molar-refractivity contribution < 1.29 is 19.4 Å². The van der Waals surface area contributed by atoms with Gasteiger partial charge in [-0.05, 0) is 19.3 Å². The maximum atomic E-state index is 12.3. The van der Waals surface area contributed by atoms with Gasteiger partial charge in [0.05, 0.1) is 6.61 Å². The molecule has 0 saturated carbocycles. The second-order valence-electron chi connectivity index (χ2n) is 4.49. The van der Waals surface area contributed by atoms with Crippen LogP contribution < -0.4 is 0 Å². The summed E-state index contributed by atoms with van der Waals surface area (Å²) in [4.78, 5) is 26.2. The van der Waals surface area contributed by atoms with Gasteiger partial charge in [-0.15, -0.1) is 0 Å². The summed E-state index contributed by atoms with van der Waals surface area (Å²) in [6.07, 6.45) is 2.92. The van der Waals surface area contributed by atoms with Crippen LogP contribution >= 0.6 is 0 Å². The average molecular weight is 258 g/mol. The lowest BCUT2D eigenvalue weighted by atomic mass is 10.2. The second-order valence-corrected chi connectivity index (χ2v) is 4.49. The maximum Gasteiger partial charge on any atom is 0.323 e. The largest absolute Gasteiger partial charge is 0.480 e. The zero-order valence-corrected chi connectivity index (χ0v) is 11.1. The summed E-state index contributed by atoms with van der Waals surface area (Å²) in [5, 5.41) is 8.84. The van der Waals surface area contributed by atoms with E-state index in [1.807, 2.05) is 6.92 Å². The van der Waals surface area contributed by atoms with E-state index in [1.54, 1.807) is 4.90 Å². The highest BCUT2D eigenvalue weighted by atomic mass is 16.5. The smallest absolute Gasteiger partial charge is 0.323 e.